The average Bonchev–Trinajstić information content (AvgIpc) is 2.54. The number of rotatable bonds is 2. The number of ether oxygens (including phenoxy) is 2. The summed E-state index contributed by atoms with van der Waals surface area (Å²) in [5.41, 5.74) is 7.66. The molecule has 2 amide bonds. The Hall–Kier alpha value is -1.95. The SMILES string of the molecule is NC(=O)N/N=C\c1cc(Cl)c2c(c1)OCCCO2. The molecule has 0 aromatic heterocycles. The average molecular weight is 270 g/mol. The molecule has 7 heteroatoms. The van der Waals surface area contributed by atoms with Crippen LogP contribution in [0.4, 0.5) is 4.79 Å². The van der Waals surface area contributed by atoms with Crippen molar-refractivity contribution in [3.8, 4) is 11.5 Å². The fraction of sp³-hybridized carbons (Fsp3) is 0.273. The lowest BCUT2D eigenvalue weighted by Gasteiger charge is -2.09. The maximum atomic E-state index is 10.5. The molecule has 0 saturated heterocycles. The maximum absolute atomic E-state index is 10.5. The molecule has 1 aromatic carbocycles. The molecule has 3 N–H and O–H groups in total. The molecule has 0 radical (unpaired) electrons. The summed E-state index contributed by atoms with van der Waals surface area (Å²) in [6.07, 6.45) is 2.23. The lowest BCUT2D eigenvalue weighted by Crippen LogP contribution is -2.24. The van der Waals surface area contributed by atoms with Gasteiger partial charge in [0.2, 0.25) is 0 Å². The predicted octanol–water partition coefficient (Wildman–Crippen LogP) is 1.50. The summed E-state index contributed by atoms with van der Waals surface area (Å²) < 4.78 is 11.0. The van der Waals surface area contributed by atoms with Crippen LogP contribution in [0.1, 0.15) is 12.0 Å². The molecule has 6 nitrogen and oxygen atoms in total. The molecular weight excluding hydrogens is 258 g/mol. The van der Waals surface area contributed by atoms with E-state index in [1.54, 1.807) is 12.1 Å². The molecule has 0 bridgehead atoms. The summed E-state index contributed by atoms with van der Waals surface area (Å²) in [5, 5.41) is 4.09. The highest BCUT2D eigenvalue weighted by atomic mass is 35.5. The van der Waals surface area contributed by atoms with Crippen LogP contribution in [0.3, 0.4) is 0 Å². The largest absolute Gasteiger partial charge is 0.489 e. The van der Waals surface area contributed by atoms with Crippen LogP contribution in [0.25, 0.3) is 0 Å². The zero-order valence-electron chi connectivity index (χ0n) is 9.48. The predicted molar refractivity (Wildman–Crippen MR) is 67.4 cm³/mol. The van der Waals surface area contributed by atoms with E-state index in [2.05, 4.69) is 10.5 Å². The van der Waals surface area contributed by atoms with Gasteiger partial charge in [0.1, 0.15) is 0 Å². The van der Waals surface area contributed by atoms with Gasteiger partial charge in [-0.3, -0.25) is 0 Å². The van der Waals surface area contributed by atoms with Crippen molar-refractivity contribution < 1.29 is 14.3 Å². The van der Waals surface area contributed by atoms with Crippen molar-refractivity contribution in [2.45, 2.75) is 6.42 Å². The van der Waals surface area contributed by atoms with E-state index in [4.69, 9.17) is 26.8 Å². The molecule has 0 fully saturated rings. The molecule has 0 atom stereocenters. The van der Waals surface area contributed by atoms with E-state index in [0.717, 1.165) is 6.42 Å². The Morgan fingerprint density at radius 1 is 1.44 bits per heavy atom. The van der Waals surface area contributed by atoms with Crippen molar-refractivity contribution in [1.29, 1.82) is 0 Å². The standard InChI is InChI=1S/C11H12ClN3O3/c12-8-4-7(6-14-15-11(13)16)5-9-10(8)18-3-1-2-17-9/h4-6H,1-3H2,(H3,13,15,16)/b14-6-. The Bertz CT molecular complexity index is 491. The topological polar surface area (TPSA) is 85.9 Å². The minimum Gasteiger partial charge on any atom is -0.489 e. The molecule has 1 heterocycles. The van der Waals surface area contributed by atoms with Crippen LogP contribution < -0.4 is 20.6 Å². The van der Waals surface area contributed by atoms with Crippen LogP contribution in [-0.4, -0.2) is 25.5 Å². The van der Waals surface area contributed by atoms with Gasteiger partial charge in [0.05, 0.1) is 24.5 Å². The minimum atomic E-state index is -0.730. The Morgan fingerprint density at radius 2 is 2.22 bits per heavy atom. The first-order valence-corrected chi connectivity index (χ1v) is 5.72. The number of hydrogen-bond donors (Lipinski definition) is 2. The van der Waals surface area contributed by atoms with Gasteiger partial charge in [0, 0.05) is 6.42 Å². The molecule has 1 aliphatic rings. The molecule has 2 rings (SSSR count). The third kappa shape index (κ3) is 3.04. The Balaban J connectivity index is 2.23. The van der Waals surface area contributed by atoms with Gasteiger partial charge in [0.15, 0.2) is 11.5 Å². The molecule has 0 saturated carbocycles. The molecule has 0 spiro atoms. The van der Waals surface area contributed by atoms with Crippen LogP contribution in [0, 0.1) is 0 Å². The number of nitrogens with zero attached hydrogens (tertiary/aromatic N) is 1. The van der Waals surface area contributed by atoms with Gasteiger partial charge in [-0.25, -0.2) is 10.2 Å². The zero-order valence-corrected chi connectivity index (χ0v) is 10.2. The van der Waals surface area contributed by atoms with Gasteiger partial charge >= 0.3 is 6.03 Å². The summed E-state index contributed by atoms with van der Waals surface area (Å²) in [6, 6.07) is 2.67. The first-order chi connectivity index (χ1) is 8.66. The number of carbonyl (C=O) groups is 1. The highest BCUT2D eigenvalue weighted by Crippen LogP contribution is 2.37. The monoisotopic (exact) mass is 269 g/mol. The van der Waals surface area contributed by atoms with Crippen LogP contribution in [-0.2, 0) is 0 Å². The van der Waals surface area contributed by atoms with Crippen molar-refractivity contribution in [3.05, 3.63) is 22.7 Å². The maximum Gasteiger partial charge on any atom is 0.332 e. The summed E-state index contributed by atoms with van der Waals surface area (Å²) in [7, 11) is 0. The Labute approximate surface area is 109 Å². The van der Waals surface area contributed by atoms with Crippen LogP contribution in [0.2, 0.25) is 5.02 Å². The second-order valence-electron chi connectivity index (χ2n) is 3.61. The Kier molecular flexibility index (Phi) is 3.88. The third-order valence-corrected chi connectivity index (χ3v) is 2.49. The molecule has 0 aliphatic carbocycles. The first-order valence-electron chi connectivity index (χ1n) is 5.34. The van der Waals surface area contributed by atoms with E-state index in [9.17, 15) is 4.79 Å². The van der Waals surface area contributed by atoms with Crippen molar-refractivity contribution in [2.24, 2.45) is 10.8 Å². The van der Waals surface area contributed by atoms with Gasteiger partial charge in [-0.1, -0.05) is 11.6 Å². The van der Waals surface area contributed by atoms with Crippen LogP contribution in [0.15, 0.2) is 17.2 Å². The minimum absolute atomic E-state index is 0.440. The van der Waals surface area contributed by atoms with Gasteiger partial charge in [0.25, 0.3) is 0 Å². The molecule has 0 unspecified atom stereocenters. The number of fused-ring (bicyclic) bond motifs is 1. The summed E-state index contributed by atoms with van der Waals surface area (Å²) in [4.78, 5) is 10.5. The number of benzene rings is 1. The number of hydrogen-bond acceptors (Lipinski definition) is 4. The lowest BCUT2D eigenvalue weighted by atomic mass is 10.2. The van der Waals surface area contributed by atoms with Gasteiger partial charge < -0.3 is 15.2 Å². The number of urea groups is 1. The molecule has 18 heavy (non-hydrogen) atoms. The van der Waals surface area contributed by atoms with Crippen molar-refractivity contribution in [1.82, 2.24) is 5.43 Å². The van der Waals surface area contributed by atoms with Crippen LogP contribution in [0.5, 0.6) is 11.5 Å². The van der Waals surface area contributed by atoms with E-state index in [1.807, 2.05) is 0 Å². The van der Waals surface area contributed by atoms with E-state index in [0.29, 0.717) is 35.3 Å². The smallest absolute Gasteiger partial charge is 0.332 e. The number of nitrogens with two attached hydrogens (primary N) is 1. The molecular formula is C11H12ClN3O3. The first kappa shape index (κ1) is 12.5. The third-order valence-electron chi connectivity index (χ3n) is 2.21. The Morgan fingerprint density at radius 3 is 3.00 bits per heavy atom. The summed E-state index contributed by atoms with van der Waals surface area (Å²) >= 11 is 6.08. The van der Waals surface area contributed by atoms with Crippen molar-refractivity contribution in [3.63, 3.8) is 0 Å². The molecule has 1 aliphatic heterocycles. The molecule has 96 valence electrons. The number of carbonyl (C=O) groups excluding carboxylic acids is 1. The number of nitrogens with one attached hydrogen (secondary N) is 1. The quantitative estimate of drug-likeness (QED) is 0.630. The van der Waals surface area contributed by atoms with E-state index in [1.165, 1.54) is 6.21 Å². The number of primary amides is 1. The number of hydrazone groups is 1. The normalized spacial score (nSPS) is 14.3. The lowest BCUT2D eigenvalue weighted by molar-refractivity contribution is 0.249. The van der Waals surface area contributed by atoms with Crippen molar-refractivity contribution in [2.75, 3.05) is 13.2 Å². The highest BCUT2D eigenvalue weighted by Gasteiger charge is 2.14. The van der Waals surface area contributed by atoms with Gasteiger partial charge in [-0.05, 0) is 17.7 Å². The second-order valence-corrected chi connectivity index (χ2v) is 4.02. The van der Waals surface area contributed by atoms with Crippen molar-refractivity contribution >= 4 is 23.8 Å². The fourth-order valence-electron chi connectivity index (χ4n) is 1.50. The molecule has 1 aromatic rings. The van der Waals surface area contributed by atoms with E-state index >= 15 is 0 Å². The summed E-state index contributed by atoms with van der Waals surface area (Å²) in [5.74, 6) is 1.11. The zero-order chi connectivity index (χ0) is 13.0. The van der Waals surface area contributed by atoms with E-state index in [-0.39, 0.29) is 0 Å². The van der Waals surface area contributed by atoms with Crippen LogP contribution >= 0.6 is 11.6 Å². The number of amides is 2. The highest BCUT2D eigenvalue weighted by molar-refractivity contribution is 6.32. The second kappa shape index (κ2) is 5.59. The van der Waals surface area contributed by atoms with E-state index < -0.39 is 6.03 Å². The number of halogens is 1. The van der Waals surface area contributed by atoms with Gasteiger partial charge in [-0.2, -0.15) is 5.10 Å². The van der Waals surface area contributed by atoms with Gasteiger partial charge in [-0.15, -0.1) is 0 Å². The summed E-state index contributed by atoms with van der Waals surface area (Å²) in [6.45, 7) is 1.15. The fourth-order valence-corrected chi connectivity index (χ4v) is 1.77.